The van der Waals surface area contributed by atoms with Crippen molar-refractivity contribution in [3.63, 3.8) is 0 Å². The summed E-state index contributed by atoms with van der Waals surface area (Å²) in [4.78, 5) is 18.4. The van der Waals surface area contributed by atoms with Gasteiger partial charge in [0.2, 0.25) is 0 Å². The highest BCUT2D eigenvalue weighted by Crippen LogP contribution is 2.37. The molecule has 0 amide bonds. The summed E-state index contributed by atoms with van der Waals surface area (Å²) < 4.78 is 20.7. The summed E-state index contributed by atoms with van der Waals surface area (Å²) in [6.45, 7) is 5.17. The topological polar surface area (TPSA) is 62.1 Å². The summed E-state index contributed by atoms with van der Waals surface area (Å²) in [6, 6.07) is 19.3. The zero-order valence-corrected chi connectivity index (χ0v) is 21.7. The number of halogens is 1. The van der Waals surface area contributed by atoms with Gasteiger partial charge in [-0.2, -0.15) is 0 Å². The van der Waals surface area contributed by atoms with E-state index in [1.54, 1.807) is 4.40 Å². The second-order valence-electron chi connectivity index (χ2n) is 7.86. The van der Waals surface area contributed by atoms with Gasteiger partial charge in [0.1, 0.15) is 19.0 Å². The van der Waals surface area contributed by atoms with E-state index in [1.807, 2.05) is 80.6 Å². The summed E-state index contributed by atoms with van der Waals surface area (Å²) in [5, 5.41) is 0. The van der Waals surface area contributed by atoms with E-state index < -0.39 is 0 Å². The van der Waals surface area contributed by atoms with E-state index in [-0.39, 0.29) is 5.56 Å². The Morgan fingerprint density at radius 3 is 2.60 bits per heavy atom. The van der Waals surface area contributed by atoms with Crippen LogP contribution in [0.5, 0.6) is 17.2 Å². The fraction of sp³-hybridized carbons (Fsp3) is 0.185. The van der Waals surface area contributed by atoms with E-state index >= 15 is 0 Å². The molecule has 5 rings (SSSR count). The summed E-state index contributed by atoms with van der Waals surface area (Å²) in [6.07, 6.45) is 1.86. The van der Waals surface area contributed by atoms with E-state index in [9.17, 15) is 4.79 Å². The lowest BCUT2D eigenvalue weighted by Gasteiger charge is -2.15. The fourth-order valence-corrected chi connectivity index (χ4v) is 5.41. The van der Waals surface area contributed by atoms with Crippen molar-refractivity contribution in [3.05, 3.63) is 91.1 Å². The van der Waals surface area contributed by atoms with Crippen molar-refractivity contribution in [1.29, 1.82) is 0 Å². The van der Waals surface area contributed by atoms with E-state index in [2.05, 4.69) is 20.9 Å². The van der Waals surface area contributed by atoms with Crippen LogP contribution in [0.15, 0.2) is 69.9 Å². The first kappa shape index (κ1) is 23.4. The number of imidazole rings is 1. The van der Waals surface area contributed by atoms with Crippen LogP contribution in [0.2, 0.25) is 0 Å². The number of rotatable bonds is 8. The van der Waals surface area contributed by atoms with Crippen LogP contribution in [0, 0.1) is 6.92 Å². The Morgan fingerprint density at radius 1 is 1.00 bits per heavy atom. The molecular formula is C27H23BrN2O4S. The average molecular weight is 551 g/mol. The highest BCUT2D eigenvalue weighted by Gasteiger charge is 2.14. The Bertz CT molecular complexity index is 1630. The highest BCUT2D eigenvalue weighted by atomic mass is 79.9. The van der Waals surface area contributed by atoms with Crippen molar-refractivity contribution in [2.75, 3.05) is 19.8 Å². The molecule has 0 bridgehead atoms. The van der Waals surface area contributed by atoms with Gasteiger partial charge in [-0.15, -0.1) is 0 Å². The minimum Gasteiger partial charge on any atom is -0.490 e. The molecule has 0 fully saturated rings. The van der Waals surface area contributed by atoms with Gasteiger partial charge in [0.05, 0.1) is 26.6 Å². The van der Waals surface area contributed by atoms with E-state index in [0.29, 0.717) is 40.8 Å². The van der Waals surface area contributed by atoms with Crippen LogP contribution in [-0.2, 0) is 0 Å². The Balaban J connectivity index is 1.41. The molecule has 0 spiro atoms. The molecule has 0 saturated heterocycles. The van der Waals surface area contributed by atoms with Gasteiger partial charge in [0.15, 0.2) is 16.5 Å². The third-order valence-corrected chi connectivity index (χ3v) is 7.01. The maximum atomic E-state index is 13.1. The lowest BCUT2D eigenvalue weighted by Crippen LogP contribution is -2.22. The molecule has 0 saturated carbocycles. The van der Waals surface area contributed by atoms with Crippen LogP contribution in [-0.4, -0.2) is 29.2 Å². The predicted molar refractivity (Wildman–Crippen MR) is 143 cm³/mol. The SMILES string of the molecule is CCOc1cc(/C=c2\sc3nc4ccccc4n3c2=O)cc(Br)c1OCCOc1ccccc1C. The first-order valence-electron chi connectivity index (χ1n) is 11.2. The van der Waals surface area contributed by atoms with Crippen molar-refractivity contribution < 1.29 is 14.2 Å². The number of aromatic nitrogens is 2. The van der Waals surface area contributed by atoms with Crippen LogP contribution >= 0.6 is 27.3 Å². The van der Waals surface area contributed by atoms with Crippen LogP contribution in [0.3, 0.4) is 0 Å². The van der Waals surface area contributed by atoms with Gasteiger partial charge in [-0.3, -0.25) is 4.79 Å². The molecular weight excluding hydrogens is 528 g/mol. The van der Waals surface area contributed by atoms with Gasteiger partial charge in [-0.1, -0.05) is 41.7 Å². The fourth-order valence-electron chi connectivity index (χ4n) is 3.85. The van der Waals surface area contributed by atoms with Crippen molar-refractivity contribution >= 4 is 49.3 Å². The number of ether oxygens (including phenoxy) is 3. The number of benzene rings is 3. The Morgan fingerprint density at radius 2 is 1.77 bits per heavy atom. The Kier molecular flexibility index (Phi) is 6.74. The van der Waals surface area contributed by atoms with Gasteiger partial charge < -0.3 is 14.2 Å². The lowest BCUT2D eigenvalue weighted by atomic mass is 10.2. The monoisotopic (exact) mass is 550 g/mol. The van der Waals surface area contributed by atoms with E-state index in [4.69, 9.17) is 14.2 Å². The molecule has 0 atom stereocenters. The zero-order chi connectivity index (χ0) is 24.4. The minimum atomic E-state index is -0.0820. The number of fused-ring (bicyclic) bond motifs is 3. The number of thiazole rings is 1. The molecule has 5 aromatic rings. The van der Waals surface area contributed by atoms with Gasteiger partial charge in [-0.05, 0) is 77.3 Å². The maximum absolute atomic E-state index is 13.1. The number of para-hydroxylation sites is 3. The molecule has 178 valence electrons. The third-order valence-electron chi connectivity index (χ3n) is 5.46. The molecule has 3 aromatic carbocycles. The normalized spacial score (nSPS) is 11.9. The quantitative estimate of drug-likeness (QED) is 0.242. The molecule has 0 aliphatic heterocycles. The van der Waals surface area contributed by atoms with Gasteiger partial charge in [0.25, 0.3) is 5.56 Å². The molecule has 35 heavy (non-hydrogen) atoms. The van der Waals surface area contributed by atoms with Gasteiger partial charge in [-0.25, -0.2) is 9.38 Å². The standard InChI is InChI=1S/C27H23BrN2O4S/c1-3-32-23-15-18(14-19(28)25(23)34-13-12-33-22-11-7-4-8-17(22)2)16-24-26(31)30-21-10-6-5-9-20(21)29-27(30)35-24/h4-11,14-16H,3,12-13H2,1-2H3/b24-16-. The molecule has 0 aliphatic rings. The minimum absolute atomic E-state index is 0.0820. The average Bonchev–Trinajstić information content (AvgIpc) is 3.35. The Hall–Kier alpha value is -3.36. The smallest absolute Gasteiger partial charge is 0.274 e. The molecule has 8 heteroatoms. The van der Waals surface area contributed by atoms with Crippen molar-refractivity contribution in [2.24, 2.45) is 0 Å². The molecule has 0 aliphatic carbocycles. The summed E-state index contributed by atoms with van der Waals surface area (Å²) in [5.74, 6) is 2.04. The second kappa shape index (κ2) is 10.1. The molecule has 6 nitrogen and oxygen atoms in total. The first-order chi connectivity index (χ1) is 17.0. The number of hydrogen-bond donors (Lipinski definition) is 0. The van der Waals surface area contributed by atoms with Gasteiger partial charge >= 0.3 is 0 Å². The van der Waals surface area contributed by atoms with Crippen LogP contribution in [0.4, 0.5) is 0 Å². The largest absolute Gasteiger partial charge is 0.490 e. The maximum Gasteiger partial charge on any atom is 0.274 e. The second-order valence-corrected chi connectivity index (χ2v) is 9.72. The first-order valence-corrected chi connectivity index (χ1v) is 12.9. The van der Waals surface area contributed by atoms with Crippen LogP contribution < -0.4 is 24.3 Å². The predicted octanol–water partition coefficient (Wildman–Crippen LogP) is 5.38. The molecule has 2 heterocycles. The summed E-state index contributed by atoms with van der Waals surface area (Å²) in [5.41, 5.74) is 3.46. The number of aryl methyl sites for hydroxylation is 1. The Labute approximate surface area is 214 Å². The molecule has 0 unspecified atom stereocenters. The third kappa shape index (κ3) is 4.76. The van der Waals surface area contributed by atoms with Crippen molar-refractivity contribution in [1.82, 2.24) is 9.38 Å². The van der Waals surface area contributed by atoms with Crippen molar-refractivity contribution in [3.8, 4) is 17.2 Å². The highest BCUT2D eigenvalue weighted by molar-refractivity contribution is 9.10. The van der Waals surface area contributed by atoms with Gasteiger partial charge in [0, 0.05) is 0 Å². The number of nitrogens with zero attached hydrogens (tertiary/aromatic N) is 2. The van der Waals surface area contributed by atoms with E-state index in [1.165, 1.54) is 11.3 Å². The summed E-state index contributed by atoms with van der Waals surface area (Å²) >= 11 is 4.98. The molecule has 0 N–H and O–H groups in total. The van der Waals surface area contributed by atoms with Crippen LogP contribution in [0.25, 0.3) is 22.1 Å². The van der Waals surface area contributed by atoms with Crippen molar-refractivity contribution in [2.45, 2.75) is 13.8 Å². The van der Waals surface area contributed by atoms with E-state index in [0.717, 1.165) is 32.4 Å². The summed E-state index contributed by atoms with van der Waals surface area (Å²) in [7, 11) is 0. The lowest BCUT2D eigenvalue weighted by molar-refractivity contribution is 0.207. The molecule has 0 radical (unpaired) electrons. The van der Waals surface area contributed by atoms with Crippen LogP contribution in [0.1, 0.15) is 18.1 Å². The molecule has 2 aromatic heterocycles. The number of hydrogen-bond acceptors (Lipinski definition) is 6. The zero-order valence-electron chi connectivity index (χ0n) is 19.3.